The smallest absolute Gasteiger partial charge is 0.358 e. The normalized spacial score (nSPS) is 10.1. The highest BCUT2D eigenvalue weighted by Gasteiger charge is 2.14. The van der Waals surface area contributed by atoms with Crippen molar-refractivity contribution < 1.29 is 9.90 Å². The van der Waals surface area contributed by atoms with Crippen molar-refractivity contribution >= 4 is 11.8 Å². The van der Waals surface area contributed by atoms with E-state index >= 15 is 0 Å². The first-order valence-electron chi connectivity index (χ1n) is 4.31. The standard InChI is InChI=1S/C10H9N3O2/c11-9-8(10(14)15)12-6-13(9)7-4-2-1-3-5-7/h1-6H,11H2,(H,14,15). The molecule has 3 N–H and O–H groups in total. The number of nitrogens with two attached hydrogens (primary N) is 1. The summed E-state index contributed by atoms with van der Waals surface area (Å²) in [4.78, 5) is 14.4. The number of carboxylic acids is 1. The Labute approximate surface area is 85.8 Å². The fourth-order valence-electron chi connectivity index (χ4n) is 1.32. The zero-order valence-corrected chi connectivity index (χ0v) is 7.79. The van der Waals surface area contributed by atoms with E-state index < -0.39 is 5.97 Å². The highest BCUT2D eigenvalue weighted by Crippen LogP contribution is 2.16. The van der Waals surface area contributed by atoms with Crippen LogP contribution >= 0.6 is 0 Å². The van der Waals surface area contributed by atoms with Gasteiger partial charge in [0.25, 0.3) is 0 Å². The van der Waals surface area contributed by atoms with Crippen molar-refractivity contribution in [2.75, 3.05) is 5.73 Å². The molecule has 0 saturated heterocycles. The molecule has 0 unspecified atom stereocenters. The molecule has 2 rings (SSSR count). The molecule has 0 aliphatic heterocycles. The van der Waals surface area contributed by atoms with E-state index in [0.717, 1.165) is 5.69 Å². The number of aromatic nitrogens is 2. The maximum Gasteiger partial charge on any atom is 0.358 e. The molecule has 0 amide bonds. The molecule has 0 aliphatic rings. The molecule has 2 aromatic rings. The van der Waals surface area contributed by atoms with Gasteiger partial charge in [0.2, 0.25) is 0 Å². The van der Waals surface area contributed by atoms with Gasteiger partial charge in [0, 0.05) is 5.69 Å². The topological polar surface area (TPSA) is 81.1 Å². The number of imidazole rings is 1. The van der Waals surface area contributed by atoms with E-state index in [9.17, 15) is 4.79 Å². The van der Waals surface area contributed by atoms with Crippen molar-refractivity contribution in [2.24, 2.45) is 0 Å². The molecule has 1 aromatic heterocycles. The van der Waals surface area contributed by atoms with Crippen molar-refractivity contribution in [3.8, 4) is 5.69 Å². The van der Waals surface area contributed by atoms with Crippen LogP contribution in [0.3, 0.4) is 0 Å². The minimum atomic E-state index is -1.12. The van der Waals surface area contributed by atoms with Crippen LogP contribution in [0.15, 0.2) is 36.7 Å². The summed E-state index contributed by atoms with van der Waals surface area (Å²) < 4.78 is 1.53. The minimum absolute atomic E-state index is 0.126. The van der Waals surface area contributed by atoms with Crippen LogP contribution in [0, 0.1) is 0 Å². The summed E-state index contributed by atoms with van der Waals surface area (Å²) in [5, 5.41) is 8.77. The Balaban J connectivity index is 2.52. The average molecular weight is 203 g/mol. The van der Waals surface area contributed by atoms with Crippen molar-refractivity contribution in [2.45, 2.75) is 0 Å². The molecule has 0 atom stereocenters. The third kappa shape index (κ3) is 1.54. The van der Waals surface area contributed by atoms with Crippen molar-refractivity contribution in [3.63, 3.8) is 0 Å². The Kier molecular flexibility index (Phi) is 2.13. The summed E-state index contributed by atoms with van der Waals surface area (Å²) in [6, 6.07) is 9.20. The molecular weight excluding hydrogens is 194 g/mol. The van der Waals surface area contributed by atoms with Crippen LogP contribution in [0.2, 0.25) is 0 Å². The Morgan fingerprint density at radius 2 is 2.00 bits per heavy atom. The van der Waals surface area contributed by atoms with Gasteiger partial charge in [-0.25, -0.2) is 9.78 Å². The van der Waals surface area contributed by atoms with Gasteiger partial charge in [-0.05, 0) is 12.1 Å². The van der Waals surface area contributed by atoms with Crippen LogP contribution in [0.1, 0.15) is 10.5 Å². The van der Waals surface area contributed by atoms with Gasteiger partial charge in [-0.3, -0.25) is 4.57 Å². The monoisotopic (exact) mass is 203 g/mol. The maximum atomic E-state index is 10.7. The SMILES string of the molecule is Nc1c(C(=O)O)ncn1-c1ccccc1. The zero-order valence-electron chi connectivity index (χ0n) is 7.79. The second-order valence-electron chi connectivity index (χ2n) is 2.99. The number of benzene rings is 1. The lowest BCUT2D eigenvalue weighted by Crippen LogP contribution is -2.05. The van der Waals surface area contributed by atoms with E-state index in [1.165, 1.54) is 10.9 Å². The van der Waals surface area contributed by atoms with E-state index in [1.807, 2.05) is 30.3 Å². The molecule has 5 heteroatoms. The Hall–Kier alpha value is -2.30. The van der Waals surface area contributed by atoms with E-state index in [4.69, 9.17) is 10.8 Å². The Bertz CT molecular complexity index is 491. The first-order valence-corrected chi connectivity index (χ1v) is 4.31. The second-order valence-corrected chi connectivity index (χ2v) is 2.99. The fourth-order valence-corrected chi connectivity index (χ4v) is 1.32. The summed E-state index contributed by atoms with van der Waals surface area (Å²) in [5.74, 6) is -0.990. The second kappa shape index (κ2) is 3.45. The summed E-state index contributed by atoms with van der Waals surface area (Å²) in [6.07, 6.45) is 1.40. The van der Waals surface area contributed by atoms with Crippen LogP contribution in [0.25, 0.3) is 5.69 Å². The van der Waals surface area contributed by atoms with Gasteiger partial charge < -0.3 is 10.8 Å². The van der Waals surface area contributed by atoms with Crippen LogP contribution in [-0.4, -0.2) is 20.6 Å². The van der Waals surface area contributed by atoms with Gasteiger partial charge in [0.1, 0.15) is 12.1 Å². The molecular formula is C10H9N3O2. The number of rotatable bonds is 2. The molecule has 0 radical (unpaired) electrons. The van der Waals surface area contributed by atoms with E-state index in [2.05, 4.69) is 4.98 Å². The highest BCUT2D eigenvalue weighted by molar-refractivity contribution is 5.90. The number of nitrogens with zero attached hydrogens (tertiary/aromatic N) is 2. The number of carboxylic acid groups (broad SMARTS) is 1. The minimum Gasteiger partial charge on any atom is -0.476 e. The van der Waals surface area contributed by atoms with Crippen LogP contribution in [-0.2, 0) is 0 Å². The van der Waals surface area contributed by atoms with Gasteiger partial charge in [0.05, 0.1) is 0 Å². The van der Waals surface area contributed by atoms with Gasteiger partial charge in [-0.1, -0.05) is 18.2 Å². The third-order valence-electron chi connectivity index (χ3n) is 2.04. The fraction of sp³-hybridized carbons (Fsp3) is 0. The predicted molar refractivity (Wildman–Crippen MR) is 54.9 cm³/mol. The van der Waals surface area contributed by atoms with Crippen molar-refractivity contribution in [1.29, 1.82) is 0 Å². The van der Waals surface area contributed by atoms with Gasteiger partial charge >= 0.3 is 5.97 Å². The van der Waals surface area contributed by atoms with Crippen LogP contribution in [0.5, 0.6) is 0 Å². The number of aromatic carboxylic acids is 1. The van der Waals surface area contributed by atoms with Gasteiger partial charge in [-0.15, -0.1) is 0 Å². The van der Waals surface area contributed by atoms with E-state index in [1.54, 1.807) is 0 Å². The van der Waals surface area contributed by atoms with Crippen molar-refractivity contribution in [3.05, 3.63) is 42.4 Å². The van der Waals surface area contributed by atoms with Crippen LogP contribution < -0.4 is 5.73 Å². The molecule has 1 heterocycles. The van der Waals surface area contributed by atoms with E-state index in [-0.39, 0.29) is 11.5 Å². The van der Waals surface area contributed by atoms with Crippen LogP contribution in [0.4, 0.5) is 5.82 Å². The molecule has 1 aromatic carbocycles. The summed E-state index contributed by atoms with van der Waals surface area (Å²) in [5.41, 5.74) is 6.32. The first kappa shape index (κ1) is 9.26. The number of hydrogen-bond donors (Lipinski definition) is 2. The summed E-state index contributed by atoms with van der Waals surface area (Å²) in [7, 11) is 0. The maximum absolute atomic E-state index is 10.7. The zero-order chi connectivity index (χ0) is 10.8. The number of nitrogen functional groups attached to an aromatic ring is 1. The quantitative estimate of drug-likeness (QED) is 0.767. The Morgan fingerprint density at radius 3 is 2.53 bits per heavy atom. The molecule has 0 spiro atoms. The third-order valence-corrected chi connectivity index (χ3v) is 2.04. The first-order chi connectivity index (χ1) is 7.20. The number of hydrogen-bond acceptors (Lipinski definition) is 3. The van der Waals surface area contributed by atoms with Gasteiger partial charge in [-0.2, -0.15) is 0 Å². The molecule has 0 fully saturated rings. The lowest BCUT2D eigenvalue weighted by Gasteiger charge is -2.03. The van der Waals surface area contributed by atoms with Crippen molar-refractivity contribution in [1.82, 2.24) is 9.55 Å². The number of para-hydroxylation sites is 1. The highest BCUT2D eigenvalue weighted by atomic mass is 16.4. The Morgan fingerprint density at radius 1 is 1.33 bits per heavy atom. The van der Waals surface area contributed by atoms with E-state index in [0.29, 0.717) is 0 Å². The molecule has 76 valence electrons. The lowest BCUT2D eigenvalue weighted by molar-refractivity contribution is 0.0692. The summed E-state index contributed by atoms with van der Waals surface area (Å²) >= 11 is 0. The summed E-state index contributed by atoms with van der Waals surface area (Å²) in [6.45, 7) is 0. The average Bonchev–Trinajstić information content (AvgIpc) is 2.61. The molecule has 0 saturated carbocycles. The molecule has 0 bridgehead atoms. The number of carbonyl (C=O) groups is 1. The molecule has 15 heavy (non-hydrogen) atoms. The largest absolute Gasteiger partial charge is 0.476 e. The lowest BCUT2D eigenvalue weighted by atomic mass is 10.3. The molecule has 5 nitrogen and oxygen atoms in total. The molecule has 0 aliphatic carbocycles. The predicted octanol–water partition coefficient (Wildman–Crippen LogP) is 1.15. The van der Waals surface area contributed by atoms with Gasteiger partial charge in [0.15, 0.2) is 5.69 Å². The number of anilines is 1.